The number of hydrogen-bond donors (Lipinski definition) is 1. The summed E-state index contributed by atoms with van der Waals surface area (Å²) >= 11 is 0. The molecule has 1 aromatic heterocycles. The van der Waals surface area contributed by atoms with Crippen molar-refractivity contribution >= 4 is 0 Å². The van der Waals surface area contributed by atoms with Crippen LogP contribution in [0.1, 0.15) is 32.6 Å². The van der Waals surface area contributed by atoms with E-state index in [1.165, 1.54) is 32.2 Å². The lowest BCUT2D eigenvalue weighted by Crippen LogP contribution is -2.29. The molecule has 0 radical (unpaired) electrons. The molecule has 2 atom stereocenters. The molecule has 1 aromatic rings. The molecule has 2 unspecified atom stereocenters. The summed E-state index contributed by atoms with van der Waals surface area (Å²) in [5.74, 6) is 1.84. The third-order valence-corrected chi connectivity index (χ3v) is 3.55. The van der Waals surface area contributed by atoms with Gasteiger partial charge in [-0.2, -0.15) is 5.10 Å². The molecular weight excluding hydrogens is 198 g/mol. The van der Waals surface area contributed by atoms with Crippen LogP contribution in [-0.2, 0) is 6.54 Å². The Bertz CT molecular complexity index is 281. The average molecular weight is 221 g/mol. The van der Waals surface area contributed by atoms with Crippen molar-refractivity contribution in [3.05, 3.63) is 18.5 Å². The van der Waals surface area contributed by atoms with E-state index in [0.717, 1.165) is 24.9 Å². The average Bonchev–Trinajstić information content (AvgIpc) is 2.77. The van der Waals surface area contributed by atoms with Crippen LogP contribution in [0, 0.1) is 11.8 Å². The first-order chi connectivity index (χ1) is 7.84. The Hall–Kier alpha value is -0.830. The first-order valence-corrected chi connectivity index (χ1v) is 6.52. The van der Waals surface area contributed by atoms with Crippen LogP contribution in [0.5, 0.6) is 0 Å². The van der Waals surface area contributed by atoms with E-state index in [-0.39, 0.29) is 0 Å². The van der Waals surface area contributed by atoms with Crippen molar-refractivity contribution in [1.29, 1.82) is 0 Å². The minimum absolute atomic E-state index is 0.904. The first-order valence-electron chi connectivity index (χ1n) is 6.52. The molecule has 1 aliphatic rings. The summed E-state index contributed by atoms with van der Waals surface area (Å²) in [7, 11) is 0. The van der Waals surface area contributed by atoms with Crippen LogP contribution >= 0.6 is 0 Å². The molecule has 2 rings (SSSR count). The van der Waals surface area contributed by atoms with Gasteiger partial charge >= 0.3 is 0 Å². The highest BCUT2D eigenvalue weighted by Crippen LogP contribution is 2.27. The fraction of sp³-hybridized carbons (Fsp3) is 0.769. The number of rotatable bonds is 5. The van der Waals surface area contributed by atoms with E-state index in [0.29, 0.717) is 0 Å². The fourth-order valence-corrected chi connectivity index (χ4v) is 2.68. The second-order valence-corrected chi connectivity index (χ2v) is 5.11. The summed E-state index contributed by atoms with van der Waals surface area (Å²) in [5.41, 5.74) is 0. The summed E-state index contributed by atoms with van der Waals surface area (Å²) in [6, 6.07) is 1.98. The molecule has 1 fully saturated rings. The van der Waals surface area contributed by atoms with Crippen molar-refractivity contribution in [2.45, 2.75) is 39.2 Å². The molecule has 1 aliphatic carbocycles. The zero-order chi connectivity index (χ0) is 11.2. The van der Waals surface area contributed by atoms with Gasteiger partial charge in [-0.3, -0.25) is 4.68 Å². The first kappa shape index (κ1) is 11.6. The quantitative estimate of drug-likeness (QED) is 0.773. The minimum atomic E-state index is 0.904. The maximum Gasteiger partial charge on any atom is 0.0533 e. The van der Waals surface area contributed by atoms with Gasteiger partial charge in [0.15, 0.2) is 0 Å². The highest BCUT2D eigenvalue weighted by Gasteiger charge is 2.17. The van der Waals surface area contributed by atoms with Gasteiger partial charge in [-0.1, -0.05) is 19.8 Å². The Morgan fingerprint density at radius 1 is 1.44 bits per heavy atom. The van der Waals surface area contributed by atoms with Gasteiger partial charge in [0.2, 0.25) is 0 Å². The van der Waals surface area contributed by atoms with Gasteiger partial charge in [-0.25, -0.2) is 0 Å². The lowest BCUT2D eigenvalue weighted by molar-refractivity contribution is 0.273. The minimum Gasteiger partial charge on any atom is -0.315 e. The third kappa shape index (κ3) is 3.63. The molecule has 90 valence electrons. The standard InChI is InChI=1S/C13H23N3/c1-12-4-2-5-13(10-12)11-14-7-9-16-8-3-6-15-16/h3,6,8,12-14H,2,4-5,7,9-11H2,1H3. The number of aromatic nitrogens is 2. The van der Waals surface area contributed by atoms with E-state index >= 15 is 0 Å². The van der Waals surface area contributed by atoms with Gasteiger partial charge < -0.3 is 5.32 Å². The van der Waals surface area contributed by atoms with Gasteiger partial charge in [0.1, 0.15) is 0 Å². The van der Waals surface area contributed by atoms with Crippen LogP contribution in [0.3, 0.4) is 0 Å². The summed E-state index contributed by atoms with van der Waals surface area (Å²) in [4.78, 5) is 0. The molecule has 16 heavy (non-hydrogen) atoms. The van der Waals surface area contributed by atoms with Crippen LogP contribution in [-0.4, -0.2) is 22.9 Å². The van der Waals surface area contributed by atoms with E-state index < -0.39 is 0 Å². The third-order valence-electron chi connectivity index (χ3n) is 3.55. The summed E-state index contributed by atoms with van der Waals surface area (Å²) in [6.07, 6.45) is 9.54. The molecule has 1 N–H and O–H groups in total. The van der Waals surface area contributed by atoms with Crippen LogP contribution in [0.25, 0.3) is 0 Å². The van der Waals surface area contributed by atoms with E-state index in [4.69, 9.17) is 0 Å². The molecule has 0 amide bonds. The SMILES string of the molecule is CC1CCCC(CNCCn2cccn2)C1. The summed E-state index contributed by atoms with van der Waals surface area (Å²) in [5, 5.41) is 7.74. The predicted octanol–water partition coefficient (Wildman–Crippen LogP) is 2.30. The van der Waals surface area contributed by atoms with Crippen LogP contribution in [0.4, 0.5) is 0 Å². The van der Waals surface area contributed by atoms with E-state index in [1.807, 2.05) is 23.1 Å². The van der Waals surface area contributed by atoms with Crippen LogP contribution in [0.2, 0.25) is 0 Å². The van der Waals surface area contributed by atoms with Gasteiger partial charge in [0.05, 0.1) is 6.54 Å². The largest absolute Gasteiger partial charge is 0.315 e. The number of nitrogens with zero attached hydrogens (tertiary/aromatic N) is 2. The topological polar surface area (TPSA) is 29.9 Å². The maximum atomic E-state index is 4.19. The van der Waals surface area contributed by atoms with Crippen molar-refractivity contribution in [1.82, 2.24) is 15.1 Å². The Kier molecular flexibility index (Phi) is 4.40. The Morgan fingerprint density at radius 3 is 3.12 bits per heavy atom. The smallest absolute Gasteiger partial charge is 0.0533 e. The number of nitrogens with one attached hydrogen (secondary N) is 1. The van der Waals surface area contributed by atoms with E-state index in [2.05, 4.69) is 17.3 Å². The highest BCUT2D eigenvalue weighted by atomic mass is 15.3. The van der Waals surface area contributed by atoms with Crippen molar-refractivity contribution in [3.63, 3.8) is 0 Å². The van der Waals surface area contributed by atoms with Crippen molar-refractivity contribution in [3.8, 4) is 0 Å². The molecule has 0 spiro atoms. The molecule has 1 heterocycles. The van der Waals surface area contributed by atoms with Crippen molar-refractivity contribution in [2.24, 2.45) is 11.8 Å². The Balaban J connectivity index is 1.57. The van der Waals surface area contributed by atoms with Crippen molar-refractivity contribution < 1.29 is 0 Å². The van der Waals surface area contributed by atoms with E-state index in [1.54, 1.807) is 0 Å². The second kappa shape index (κ2) is 6.04. The maximum absolute atomic E-state index is 4.19. The lowest BCUT2D eigenvalue weighted by atomic mass is 9.82. The van der Waals surface area contributed by atoms with Crippen LogP contribution < -0.4 is 5.32 Å². The molecule has 0 aliphatic heterocycles. The zero-order valence-corrected chi connectivity index (χ0v) is 10.2. The van der Waals surface area contributed by atoms with Crippen molar-refractivity contribution in [2.75, 3.05) is 13.1 Å². The van der Waals surface area contributed by atoms with Gasteiger partial charge in [0.25, 0.3) is 0 Å². The monoisotopic (exact) mass is 221 g/mol. The zero-order valence-electron chi connectivity index (χ0n) is 10.2. The van der Waals surface area contributed by atoms with Gasteiger partial charge in [-0.15, -0.1) is 0 Å². The normalized spacial score (nSPS) is 25.8. The lowest BCUT2D eigenvalue weighted by Gasteiger charge is -2.26. The fourth-order valence-electron chi connectivity index (χ4n) is 2.68. The highest BCUT2D eigenvalue weighted by molar-refractivity contribution is 4.78. The van der Waals surface area contributed by atoms with Gasteiger partial charge in [-0.05, 0) is 37.3 Å². The Morgan fingerprint density at radius 2 is 2.38 bits per heavy atom. The molecule has 3 heteroatoms. The van der Waals surface area contributed by atoms with E-state index in [9.17, 15) is 0 Å². The Labute approximate surface area is 98.2 Å². The predicted molar refractivity (Wildman–Crippen MR) is 66.2 cm³/mol. The molecule has 1 saturated carbocycles. The molecular formula is C13H23N3. The summed E-state index contributed by atoms with van der Waals surface area (Å²) < 4.78 is 1.98. The second-order valence-electron chi connectivity index (χ2n) is 5.11. The molecule has 3 nitrogen and oxygen atoms in total. The molecule has 0 aromatic carbocycles. The number of hydrogen-bond acceptors (Lipinski definition) is 2. The van der Waals surface area contributed by atoms with Crippen LogP contribution in [0.15, 0.2) is 18.5 Å². The van der Waals surface area contributed by atoms with Gasteiger partial charge in [0, 0.05) is 18.9 Å². The molecule has 0 bridgehead atoms. The molecule has 0 saturated heterocycles. The summed E-state index contributed by atoms with van der Waals surface area (Å²) in [6.45, 7) is 5.59.